The molecule has 0 spiro atoms. The van der Waals surface area contributed by atoms with E-state index in [1.54, 1.807) is 23.5 Å². The van der Waals surface area contributed by atoms with E-state index in [2.05, 4.69) is 21.2 Å². The van der Waals surface area contributed by atoms with E-state index in [1.165, 1.54) is 0 Å². The summed E-state index contributed by atoms with van der Waals surface area (Å²) in [4.78, 5) is 13.1. The molecule has 0 aliphatic carbocycles. The molecule has 0 saturated heterocycles. The minimum atomic E-state index is -0.138. The van der Waals surface area contributed by atoms with E-state index in [1.807, 2.05) is 24.4 Å². The number of nitrogen functional groups attached to an aromatic ring is 1. The summed E-state index contributed by atoms with van der Waals surface area (Å²) >= 11 is 4.98. The maximum Gasteiger partial charge on any atom is 0.253 e. The quantitative estimate of drug-likeness (QED) is 0.851. The van der Waals surface area contributed by atoms with E-state index in [9.17, 15) is 4.79 Å². The van der Waals surface area contributed by atoms with Crippen LogP contribution in [0.3, 0.4) is 0 Å². The summed E-state index contributed by atoms with van der Waals surface area (Å²) in [6, 6.07) is 7.44. The van der Waals surface area contributed by atoms with E-state index < -0.39 is 0 Å². The molecule has 0 bridgehead atoms. The van der Waals surface area contributed by atoms with E-state index in [0.29, 0.717) is 17.8 Å². The van der Waals surface area contributed by atoms with Gasteiger partial charge in [0.25, 0.3) is 5.91 Å². The molecule has 94 valence electrons. The summed E-state index contributed by atoms with van der Waals surface area (Å²) in [6.07, 6.45) is 0. The summed E-state index contributed by atoms with van der Waals surface area (Å²) in [5, 5.41) is 4.86. The van der Waals surface area contributed by atoms with Crippen LogP contribution in [-0.4, -0.2) is 5.91 Å². The zero-order chi connectivity index (χ0) is 13.1. The Kier molecular flexibility index (Phi) is 4.04. The van der Waals surface area contributed by atoms with Crippen LogP contribution in [0, 0.1) is 6.92 Å². The topological polar surface area (TPSA) is 55.1 Å². The molecule has 0 radical (unpaired) electrons. The first-order valence-electron chi connectivity index (χ1n) is 5.43. The number of hydrogen-bond donors (Lipinski definition) is 2. The Bertz CT molecular complexity index is 580. The molecule has 0 aliphatic rings. The van der Waals surface area contributed by atoms with Crippen LogP contribution in [0.15, 0.2) is 34.1 Å². The number of rotatable bonds is 3. The van der Waals surface area contributed by atoms with Crippen molar-refractivity contribution in [1.29, 1.82) is 0 Å². The Labute approximate surface area is 118 Å². The van der Waals surface area contributed by atoms with Crippen molar-refractivity contribution in [2.24, 2.45) is 0 Å². The van der Waals surface area contributed by atoms with Crippen molar-refractivity contribution >= 4 is 38.9 Å². The van der Waals surface area contributed by atoms with Gasteiger partial charge in [-0.25, -0.2) is 0 Å². The predicted octanol–water partition coefficient (Wildman–Crippen LogP) is 3.33. The molecule has 2 aromatic rings. The first kappa shape index (κ1) is 13.1. The van der Waals surface area contributed by atoms with Crippen LogP contribution in [0.4, 0.5) is 5.69 Å². The van der Waals surface area contributed by atoms with Crippen LogP contribution in [0.2, 0.25) is 0 Å². The van der Waals surface area contributed by atoms with Crippen molar-refractivity contribution < 1.29 is 4.79 Å². The van der Waals surface area contributed by atoms with Gasteiger partial charge in [-0.15, -0.1) is 11.3 Å². The summed E-state index contributed by atoms with van der Waals surface area (Å²) < 4.78 is 1.03. The lowest BCUT2D eigenvalue weighted by atomic mass is 10.1. The molecule has 18 heavy (non-hydrogen) atoms. The number of nitrogens with two attached hydrogens (primary N) is 1. The van der Waals surface area contributed by atoms with Gasteiger partial charge in [-0.3, -0.25) is 4.79 Å². The summed E-state index contributed by atoms with van der Waals surface area (Å²) in [5.41, 5.74) is 7.86. The number of anilines is 1. The molecule has 1 aromatic carbocycles. The Balaban J connectivity index is 2.05. The molecule has 5 heteroatoms. The fraction of sp³-hybridized carbons (Fsp3) is 0.154. The molecule has 1 amide bonds. The van der Waals surface area contributed by atoms with Gasteiger partial charge in [0.05, 0.1) is 12.1 Å². The fourth-order valence-corrected chi connectivity index (χ4v) is 2.97. The second-order valence-corrected chi connectivity index (χ2v) is 5.92. The lowest BCUT2D eigenvalue weighted by molar-refractivity contribution is 0.0952. The van der Waals surface area contributed by atoms with Crippen molar-refractivity contribution in [3.05, 3.63) is 50.1 Å². The molecule has 2 rings (SSSR count). The standard InChI is InChI=1S/C13H13BrN2OS/c1-8-2-3-12(15)11(4-8)13(17)16-6-10-5-9(14)7-18-10/h2-5,7H,6,15H2,1H3,(H,16,17). The number of nitrogens with one attached hydrogen (secondary N) is 1. The fourth-order valence-electron chi connectivity index (χ4n) is 1.58. The van der Waals surface area contributed by atoms with Gasteiger partial charge in [-0.1, -0.05) is 11.6 Å². The van der Waals surface area contributed by atoms with E-state index >= 15 is 0 Å². The average Bonchev–Trinajstić information content (AvgIpc) is 2.75. The molecule has 1 heterocycles. The molecular formula is C13H13BrN2OS. The van der Waals surface area contributed by atoms with Gasteiger partial charge < -0.3 is 11.1 Å². The van der Waals surface area contributed by atoms with E-state index in [-0.39, 0.29) is 5.91 Å². The van der Waals surface area contributed by atoms with Crippen molar-refractivity contribution in [3.63, 3.8) is 0 Å². The number of thiophene rings is 1. The van der Waals surface area contributed by atoms with Gasteiger partial charge in [-0.2, -0.15) is 0 Å². The van der Waals surface area contributed by atoms with Crippen LogP contribution < -0.4 is 11.1 Å². The van der Waals surface area contributed by atoms with Gasteiger partial charge in [0.15, 0.2) is 0 Å². The monoisotopic (exact) mass is 324 g/mol. The normalized spacial score (nSPS) is 10.3. The van der Waals surface area contributed by atoms with Crippen molar-refractivity contribution in [2.75, 3.05) is 5.73 Å². The van der Waals surface area contributed by atoms with Crippen molar-refractivity contribution in [2.45, 2.75) is 13.5 Å². The highest BCUT2D eigenvalue weighted by Gasteiger charge is 2.09. The Morgan fingerprint density at radius 2 is 2.22 bits per heavy atom. The highest BCUT2D eigenvalue weighted by atomic mass is 79.9. The molecule has 0 fully saturated rings. The number of carbonyl (C=O) groups is 1. The third-order valence-electron chi connectivity index (χ3n) is 2.50. The van der Waals surface area contributed by atoms with Gasteiger partial charge in [0.1, 0.15) is 0 Å². The second kappa shape index (κ2) is 5.54. The number of amides is 1. The zero-order valence-corrected chi connectivity index (χ0v) is 12.3. The smallest absolute Gasteiger partial charge is 0.253 e. The van der Waals surface area contributed by atoms with Crippen LogP contribution in [0.5, 0.6) is 0 Å². The maximum absolute atomic E-state index is 12.0. The van der Waals surface area contributed by atoms with Crippen LogP contribution in [0.1, 0.15) is 20.8 Å². The third kappa shape index (κ3) is 3.11. The molecule has 1 aromatic heterocycles. The van der Waals surface area contributed by atoms with Crippen molar-refractivity contribution in [3.8, 4) is 0 Å². The average molecular weight is 325 g/mol. The molecule has 3 N–H and O–H groups in total. The maximum atomic E-state index is 12.0. The Hall–Kier alpha value is -1.33. The highest BCUT2D eigenvalue weighted by Crippen LogP contribution is 2.20. The van der Waals surface area contributed by atoms with Crippen molar-refractivity contribution in [1.82, 2.24) is 5.32 Å². The lowest BCUT2D eigenvalue weighted by Crippen LogP contribution is -2.23. The number of carbonyl (C=O) groups excluding carboxylic acids is 1. The largest absolute Gasteiger partial charge is 0.398 e. The van der Waals surface area contributed by atoms with Gasteiger partial charge in [0, 0.05) is 20.4 Å². The molecule has 3 nitrogen and oxygen atoms in total. The molecule has 0 aliphatic heterocycles. The Morgan fingerprint density at radius 3 is 2.89 bits per heavy atom. The number of benzene rings is 1. The third-order valence-corrected chi connectivity index (χ3v) is 4.20. The Morgan fingerprint density at radius 1 is 1.44 bits per heavy atom. The van der Waals surface area contributed by atoms with Crippen LogP contribution >= 0.6 is 27.3 Å². The van der Waals surface area contributed by atoms with Crippen LogP contribution in [-0.2, 0) is 6.54 Å². The minimum Gasteiger partial charge on any atom is -0.398 e. The first-order valence-corrected chi connectivity index (χ1v) is 7.11. The number of hydrogen-bond acceptors (Lipinski definition) is 3. The predicted molar refractivity (Wildman–Crippen MR) is 78.8 cm³/mol. The minimum absolute atomic E-state index is 0.138. The number of aryl methyl sites for hydroxylation is 1. The zero-order valence-electron chi connectivity index (χ0n) is 9.87. The summed E-state index contributed by atoms with van der Waals surface area (Å²) in [6.45, 7) is 2.45. The highest BCUT2D eigenvalue weighted by molar-refractivity contribution is 9.10. The first-order chi connectivity index (χ1) is 8.56. The van der Waals surface area contributed by atoms with Crippen LogP contribution in [0.25, 0.3) is 0 Å². The van der Waals surface area contributed by atoms with E-state index in [4.69, 9.17) is 5.73 Å². The second-order valence-electron chi connectivity index (χ2n) is 4.00. The summed E-state index contributed by atoms with van der Waals surface area (Å²) in [5.74, 6) is -0.138. The number of halogens is 1. The SMILES string of the molecule is Cc1ccc(N)c(C(=O)NCc2cc(Br)cs2)c1. The molecule has 0 unspecified atom stereocenters. The molecule has 0 saturated carbocycles. The van der Waals surface area contributed by atoms with E-state index in [0.717, 1.165) is 14.9 Å². The summed E-state index contributed by atoms with van der Waals surface area (Å²) in [7, 11) is 0. The molecule has 0 atom stereocenters. The van der Waals surface area contributed by atoms with Gasteiger partial charge >= 0.3 is 0 Å². The van der Waals surface area contributed by atoms with Gasteiger partial charge in [-0.05, 0) is 41.1 Å². The van der Waals surface area contributed by atoms with Gasteiger partial charge in [0.2, 0.25) is 0 Å². The lowest BCUT2D eigenvalue weighted by Gasteiger charge is -2.07. The molecular weight excluding hydrogens is 312 g/mol.